The number of rotatable bonds is 6. The minimum absolute atomic E-state index is 0. The van der Waals surface area contributed by atoms with E-state index in [4.69, 9.17) is 0 Å². The molecule has 0 heterocycles. The van der Waals surface area contributed by atoms with Gasteiger partial charge in [0.2, 0.25) is 0 Å². The van der Waals surface area contributed by atoms with Crippen LogP contribution >= 0.6 is 23.4 Å². The van der Waals surface area contributed by atoms with E-state index in [1.165, 1.54) is 38.5 Å². The van der Waals surface area contributed by atoms with Crippen LogP contribution in [0.2, 0.25) is 0 Å². The molecular formula is C12H31PSZn. The summed E-state index contributed by atoms with van der Waals surface area (Å²) in [5, 5.41) is 0. The monoisotopic (exact) mass is 302 g/mol. The number of unbranched alkanes of at least 4 members (excludes halogenated alkanes) is 6. The second-order valence-corrected chi connectivity index (χ2v) is 3.12. The maximum absolute atomic E-state index is 3.78. The molecular weight excluding hydrogens is 273 g/mol. The summed E-state index contributed by atoms with van der Waals surface area (Å²) in [5.41, 5.74) is 0. The van der Waals surface area contributed by atoms with Gasteiger partial charge in [-0.1, -0.05) is 52.4 Å². The first-order valence-electron chi connectivity index (χ1n) is 5.41. The smallest absolute Gasteiger partial charge is 0.343 e. The minimum atomic E-state index is 0. The average molecular weight is 304 g/mol. The summed E-state index contributed by atoms with van der Waals surface area (Å²) < 4.78 is 0. The van der Waals surface area contributed by atoms with Crippen molar-refractivity contribution < 1.29 is 19.5 Å². The SMILES string of the molecule is P.S.[CH2-]CCC.[CH2-]CCCCCCC.[Zn+2]. The Balaban J connectivity index is -0.0000000424. The molecule has 92 valence electrons. The van der Waals surface area contributed by atoms with Crippen molar-refractivity contribution in [3.8, 4) is 0 Å². The summed E-state index contributed by atoms with van der Waals surface area (Å²) in [6.45, 7) is 11.7. The van der Waals surface area contributed by atoms with Gasteiger partial charge in [-0.2, -0.15) is 36.2 Å². The van der Waals surface area contributed by atoms with E-state index in [0.717, 1.165) is 12.8 Å². The standard InChI is InChI=1S/C8H17.C4H9.H3P.H2S.Zn/c1-3-5-7-8-6-4-2;1-3-4-2;;;/h1,3-8H2,2H3;1,3-4H2,2H3;1H3;1H2;/q2*-1;;;+2. The van der Waals surface area contributed by atoms with Crippen molar-refractivity contribution in [3.63, 3.8) is 0 Å². The summed E-state index contributed by atoms with van der Waals surface area (Å²) in [7, 11) is 0. The Morgan fingerprint density at radius 2 is 1.13 bits per heavy atom. The van der Waals surface area contributed by atoms with Gasteiger partial charge >= 0.3 is 19.5 Å². The first-order valence-corrected chi connectivity index (χ1v) is 5.41. The molecule has 0 nitrogen and oxygen atoms in total. The third-order valence-corrected chi connectivity index (χ3v) is 1.71. The van der Waals surface area contributed by atoms with Crippen molar-refractivity contribution in [2.24, 2.45) is 0 Å². The van der Waals surface area contributed by atoms with Crippen molar-refractivity contribution in [2.75, 3.05) is 0 Å². The Labute approximate surface area is 122 Å². The molecule has 1 atom stereocenters. The third kappa shape index (κ3) is 50.5. The molecule has 0 N–H and O–H groups in total. The van der Waals surface area contributed by atoms with Gasteiger partial charge in [-0.25, -0.2) is 0 Å². The third-order valence-electron chi connectivity index (χ3n) is 1.71. The van der Waals surface area contributed by atoms with Crippen molar-refractivity contribution in [3.05, 3.63) is 13.8 Å². The van der Waals surface area contributed by atoms with Crippen LogP contribution in [-0.4, -0.2) is 0 Å². The van der Waals surface area contributed by atoms with Gasteiger partial charge < -0.3 is 13.8 Å². The molecule has 0 aromatic heterocycles. The van der Waals surface area contributed by atoms with Crippen molar-refractivity contribution in [1.29, 1.82) is 0 Å². The largest absolute Gasteiger partial charge is 2.00 e. The fourth-order valence-electron chi connectivity index (χ4n) is 0.780. The summed E-state index contributed by atoms with van der Waals surface area (Å²) >= 11 is 0. The van der Waals surface area contributed by atoms with Gasteiger partial charge in [0.05, 0.1) is 0 Å². The number of hydrogen-bond acceptors (Lipinski definition) is 0. The molecule has 0 aromatic rings. The van der Waals surface area contributed by atoms with Crippen LogP contribution in [0.4, 0.5) is 0 Å². The molecule has 0 rings (SSSR count). The predicted molar refractivity (Wildman–Crippen MR) is 80.5 cm³/mol. The molecule has 0 bridgehead atoms. The maximum Gasteiger partial charge on any atom is 2.00 e. The van der Waals surface area contributed by atoms with Crippen LogP contribution < -0.4 is 0 Å². The molecule has 0 amide bonds. The van der Waals surface area contributed by atoms with E-state index in [2.05, 4.69) is 27.7 Å². The molecule has 0 aliphatic rings. The fourth-order valence-corrected chi connectivity index (χ4v) is 0.780. The molecule has 0 fully saturated rings. The Morgan fingerprint density at radius 1 is 0.733 bits per heavy atom. The van der Waals surface area contributed by atoms with E-state index in [-0.39, 0.29) is 42.9 Å². The summed E-state index contributed by atoms with van der Waals surface area (Å²) in [6, 6.07) is 0. The van der Waals surface area contributed by atoms with Crippen LogP contribution in [0, 0.1) is 13.8 Å². The van der Waals surface area contributed by atoms with Crippen LogP contribution in [0.25, 0.3) is 0 Å². The van der Waals surface area contributed by atoms with E-state index < -0.39 is 0 Å². The second-order valence-electron chi connectivity index (χ2n) is 3.12. The quantitative estimate of drug-likeness (QED) is 0.281. The van der Waals surface area contributed by atoms with Crippen molar-refractivity contribution in [2.45, 2.75) is 65.2 Å². The molecule has 0 saturated carbocycles. The summed E-state index contributed by atoms with van der Waals surface area (Å²) in [4.78, 5) is 0. The predicted octanol–water partition coefficient (Wildman–Crippen LogP) is 4.97. The molecule has 3 heteroatoms. The minimum Gasteiger partial charge on any atom is -0.343 e. The van der Waals surface area contributed by atoms with Crippen molar-refractivity contribution in [1.82, 2.24) is 0 Å². The summed E-state index contributed by atoms with van der Waals surface area (Å²) in [5.74, 6) is 0. The fraction of sp³-hybridized carbons (Fsp3) is 0.833. The summed E-state index contributed by atoms with van der Waals surface area (Å²) in [6.07, 6.45) is 10.3. The van der Waals surface area contributed by atoms with Crippen molar-refractivity contribution >= 4 is 23.4 Å². The van der Waals surface area contributed by atoms with E-state index in [1.807, 2.05) is 0 Å². The van der Waals surface area contributed by atoms with E-state index in [0.29, 0.717) is 0 Å². The van der Waals surface area contributed by atoms with Gasteiger partial charge in [-0.05, 0) is 0 Å². The molecule has 1 unspecified atom stereocenters. The van der Waals surface area contributed by atoms with Crippen LogP contribution in [-0.2, 0) is 19.5 Å². The van der Waals surface area contributed by atoms with Crippen LogP contribution in [0.5, 0.6) is 0 Å². The molecule has 15 heavy (non-hydrogen) atoms. The maximum atomic E-state index is 3.78. The zero-order chi connectivity index (χ0) is 9.66. The average Bonchev–Trinajstić information content (AvgIpc) is 2.13. The van der Waals surface area contributed by atoms with Crippen LogP contribution in [0.3, 0.4) is 0 Å². The van der Waals surface area contributed by atoms with Crippen LogP contribution in [0.1, 0.15) is 65.2 Å². The van der Waals surface area contributed by atoms with E-state index >= 15 is 0 Å². The van der Waals surface area contributed by atoms with Crippen LogP contribution in [0.15, 0.2) is 0 Å². The second kappa shape index (κ2) is 36.1. The van der Waals surface area contributed by atoms with Gasteiger partial charge in [-0.15, -0.1) is 0 Å². The number of hydrogen-bond donors (Lipinski definition) is 0. The van der Waals surface area contributed by atoms with Gasteiger partial charge in [0, 0.05) is 0 Å². The van der Waals surface area contributed by atoms with Gasteiger partial charge in [0.1, 0.15) is 0 Å². The van der Waals surface area contributed by atoms with E-state index in [1.54, 1.807) is 0 Å². The molecule has 0 spiro atoms. The van der Waals surface area contributed by atoms with E-state index in [9.17, 15) is 0 Å². The molecule has 0 aromatic carbocycles. The van der Waals surface area contributed by atoms with Gasteiger partial charge in [0.25, 0.3) is 0 Å². The Morgan fingerprint density at radius 3 is 1.40 bits per heavy atom. The zero-order valence-electron chi connectivity index (χ0n) is 11.0. The first kappa shape index (κ1) is 29.9. The Bertz CT molecular complexity index is 55.6. The zero-order valence-corrected chi connectivity index (χ0v) is 16.4. The first-order chi connectivity index (χ1) is 5.83. The van der Waals surface area contributed by atoms with Gasteiger partial charge in [0.15, 0.2) is 0 Å². The molecule has 0 aliphatic carbocycles. The Hall–Kier alpha value is 1.40. The normalized spacial score (nSPS) is 7.20. The topological polar surface area (TPSA) is 0 Å². The molecule has 0 saturated heterocycles. The Kier molecular flexibility index (Phi) is 72.1. The molecule has 0 radical (unpaired) electrons. The van der Waals surface area contributed by atoms with Gasteiger partial charge in [-0.3, -0.25) is 0 Å². The molecule has 0 aliphatic heterocycles.